The van der Waals surface area contributed by atoms with Gasteiger partial charge in [0.25, 0.3) is 0 Å². The van der Waals surface area contributed by atoms with Crippen LogP contribution in [0, 0.1) is 0 Å². The highest BCUT2D eigenvalue weighted by Gasteiger charge is 2.02. The molecule has 0 fully saturated rings. The summed E-state index contributed by atoms with van der Waals surface area (Å²) in [7, 11) is 0. The first-order chi connectivity index (χ1) is 13.3. The fourth-order valence-corrected chi connectivity index (χ4v) is 3.87. The second kappa shape index (κ2) is 23.6. The minimum absolute atomic E-state index is 0.0104. The van der Waals surface area contributed by atoms with E-state index < -0.39 is 0 Å². The number of hydrogen-bond acceptors (Lipinski definition) is 3. The average Bonchev–Trinajstić information content (AvgIpc) is 2.67. The van der Waals surface area contributed by atoms with Crippen LogP contribution in [0.15, 0.2) is 12.2 Å². The number of carbonyl (C=O) groups excluding carboxylic acids is 1. The molecule has 3 heteroatoms. The van der Waals surface area contributed by atoms with E-state index in [4.69, 9.17) is 4.74 Å². The molecule has 0 aromatic carbocycles. The normalized spacial score (nSPS) is 11.3. The molecule has 0 spiro atoms. The molecule has 0 aliphatic carbocycles. The Balaban J connectivity index is 3.19. The van der Waals surface area contributed by atoms with Gasteiger partial charge in [0.2, 0.25) is 0 Å². The predicted molar refractivity (Wildman–Crippen MR) is 123 cm³/mol. The Morgan fingerprint density at radius 1 is 0.704 bits per heavy atom. The smallest absolute Gasteiger partial charge is 0.305 e. The highest BCUT2D eigenvalue weighted by atomic mass is 32.2. The maximum absolute atomic E-state index is 11.6. The number of ether oxygens (including phenoxy) is 1. The van der Waals surface area contributed by atoms with Crippen LogP contribution in [-0.4, -0.2) is 24.1 Å². The quantitative estimate of drug-likeness (QED) is 0.111. The summed E-state index contributed by atoms with van der Waals surface area (Å²) in [4.78, 5) is 11.6. The topological polar surface area (TPSA) is 26.3 Å². The van der Waals surface area contributed by atoms with Crippen LogP contribution in [0.2, 0.25) is 0 Å². The van der Waals surface area contributed by atoms with Crippen molar-refractivity contribution < 1.29 is 9.53 Å². The number of allylic oxidation sites excluding steroid dienone is 2. The van der Waals surface area contributed by atoms with Crippen LogP contribution in [0.1, 0.15) is 117 Å². The van der Waals surface area contributed by atoms with Crippen molar-refractivity contribution in [1.29, 1.82) is 0 Å². The molecule has 2 nitrogen and oxygen atoms in total. The van der Waals surface area contributed by atoms with E-state index >= 15 is 0 Å². The van der Waals surface area contributed by atoms with E-state index in [0.717, 1.165) is 18.6 Å². The molecular formula is C24H46O2S. The summed E-state index contributed by atoms with van der Waals surface area (Å²) < 4.78 is 5.27. The van der Waals surface area contributed by atoms with Crippen LogP contribution in [0.5, 0.6) is 0 Å². The first-order valence-corrected chi connectivity index (χ1v) is 12.8. The second-order valence-corrected chi connectivity index (χ2v) is 8.75. The first kappa shape index (κ1) is 26.6. The largest absolute Gasteiger partial charge is 0.465 e. The summed E-state index contributed by atoms with van der Waals surface area (Å²) in [6, 6.07) is 0. The van der Waals surface area contributed by atoms with Gasteiger partial charge in [-0.2, -0.15) is 11.8 Å². The fraction of sp³-hybridized carbons (Fsp3) is 0.875. The van der Waals surface area contributed by atoms with Crippen molar-refractivity contribution in [2.75, 3.05) is 18.1 Å². The first-order valence-electron chi connectivity index (χ1n) is 11.7. The Hall–Kier alpha value is -0.440. The van der Waals surface area contributed by atoms with Gasteiger partial charge in [0, 0.05) is 12.2 Å². The molecule has 0 bridgehead atoms. The van der Waals surface area contributed by atoms with E-state index in [0.29, 0.717) is 13.0 Å². The third-order valence-electron chi connectivity index (χ3n) is 4.78. The molecule has 0 saturated carbocycles. The number of hydrogen-bond donors (Lipinski definition) is 0. The summed E-state index contributed by atoms with van der Waals surface area (Å²) in [5, 5.41) is 0. The molecule has 0 heterocycles. The molecule has 0 amide bonds. The molecular weight excluding hydrogens is 352 g/mol. The zero-order chi connectivity index (χ0) is 19.8. The van der Waals surface area contributed by atoms with Crippen LogP contribution in [0.4, 0.5) is 0 Å². The van der Waals surface area contributed by atoms with Gasteiger partial charge < -0.3 is 4.74 Å². The number of rotatable bonds is 21. The Morgan fingerprint density at radius 2 is 1.26 bits per heavy atom. The average molecular weight is 399 g/mol. The van der Waals surface area contributed by atoms with Gasteiger partial charge in [0.15, 0.2) is 0 Å². The van der Waals surface area contributed by atoms with E-state index in [9.17, 15) is 4.79 Å². The molecule has 0 rings (SSSR count). The summed E-state index contributed by atoms with van der Waals surface area (Å²) >= 11 is 1.89. The fourth-order valence-electron chi connectivity index (χ4n) is 2.98. The SMILES string of the molecule is CCCCCCCC/C=C\CCCCCCCC(=O)OCCSCCCC. The van der Waals surface area contributed by atoms with Crippen LogP contribution in [0.3, 0.4) is 0 Å². The summed E-state index contributed by atoms with van der Waals surface area (Å²) in [5.74, 6) is 2.11. The number of esters is 1. The van der Waals surface area contributed by atoms with Gasteiger partial charge in [-0.1, -0.05) is 83.8 Å². The Labute approximate surface area is 174 Å². The van der Waals surface area contributed by atoms with Crippen LogP contribution < -0.4 is 0 Å². The van der Waals surface area contributed by atoms with Crippen molar-refractivity contribution in [2.24, 2.45) is 0 Å². The Kier molecular flexibility index (Phi) is 23.2. The molecule has 160 valence electrons. The van der Waals surface area contributed by atoms with Gasteiger partial charge in [-0.05, 0) is 44.3 Å². The maximum Gasteiger partial charge on any atom is 0.305 e. The van der Waals surface area contributed by atoms with E-state index in [-0.39, 0.29) is 5.97 Å². The third kappa shape index (κ3) is 23.5. The van der Waals surface area contributed by atoms with Crippen molar-refractivity contribution in [1.82, 2.24) is 0 Å². The molecule has 0 aromatic rings. The molecule has 0 N–H and O–H groups in total. The summed E-state index contributed by atoms with van der Waals surface area (Å²) in [5.41, 5.74) is 0. The van der Waals surface area contributed by atoms with Crippen molar-refractivity contribution in [2.45, 2.75) is 117 Å². The van der Waals surface area contributed by atoms with Gasteiger partial charge in [0.1, 0.15) is 6.61 Å². The number of carbonyl (C=O) groups is 1. The molecule has 0 aliphatic heterocycles. The van der Waals surface area contributed by atoms with Crippen LogP contribution in [-0.2, 0) is 9.53 Å². The monoisotopic (exact) mass is 398 g/mol. The van der Waals surface area contributed by atoms with Gasteiger partial charge in [-0.3, -0.25) is 4.79 Å². The maximum atomic E-state index is 11.6. The predicted octanol–water partition coefficient (Wildman–Crippen LogP) is 8.10. The lowest BCUT2D eigenvalue weighted by Gasteiger charge is -2.05. The van der Waals surface area contributed by atoms with Crippen molar-refractivity contribution in [3.05, 3.63) is 12.2 Å². The van der Waals surface area contributed by atoms with Gasteiger partial charge in [0.05, 0.1) is 0 Å². The van der Waals surface area contributed by atoms with E-state index in [1.807, 2.05) is 11.8 Å². The van der Waals surface area contributed by atoms with Crippen molar-refractivity contribution in [3.63, 3.8) is 0 Å². The molecule has 0 atom stereocenters. The lowest BCUT2D eigenvalue weighted by Crippen LogP contribution is -2.07. The highest BCUT2D eigenvalue weighted by molar-refractivity contribution is 7.99. The van der Waals surface area contributed by atoms with Gasteiger partial charge >= 0.3 is 5.97 Å². The van der Waals surface area contributed by atoms with E-state index in [1.165, 1.54) is 89.2 Å². The number of unbranched alkanes of at least 4 members (excludes halogenated alkanes) is 12. The molecule has 0 unspecified atom stereocenters. The van der Waals surface area contributed by atoms with Crippen LogP contribution >= 0.6 is 11.8 Å². The minimum atomic E-state index is -0.0104. The zero-order valence-electron chi connectivity index (χ0n) is 18.3. The lowest BCUT2D eigenvalue weighted by atomic mass is 10.1. The lowest BCUT2D eigenvalue weighted by molar-refractivity contribution is -0.143. The third-order valence-corrected chi connectivity index (χ3v) is 5.81. The second-order valence-electron chi connectivity index (χ2n) is 7.52. The Morgan fingerprint density at radius 3 is 1.89 bits per heavy atom. The summed E-state index contributed by atoms with van der Waals surface area (Å²) in [6.07, 6.45) is 24.5. The van der Waals surface area contributed by atoms with Crippen molar-refractivity contribution in [3.8, 4) is 0 Å². The molecule has 0 aromatic heterocycles. The minimum Gasteiger partial charge on any atom is -0.465 e. The van der Waals surface area contributed by atoms with E-state index in [1.54, 1.807) is 0 Å². The standard InChI is InChI=1S/C24H46O2S/c1-3-5-7-8-9-10-11-12-13-14-15-16-17-18-19-20-24(25)26-21-23-27-22-6-4-2/h12-13H,3-11,14-23H2,1-2H3/b13-12-. The number of thioether (sulfide) groups is 1. The molecule has 0 aliphatic rings. The van der Waals surface area contributed by atoms with E-state index in [2.05, 4.69) is 26.0 Å². The zero-order valence-corrected chi connectivity index (χ0v) is 19.1. The molecule has 0 radical (unpaired) electrons. The molecule has 27 heavy (non-hydrogen) atoms. The van der Waals surface area contributed by atoms with Gasteiger partial charge in [-0.25, -0.2) is 0 Å². The Bertz CT molecular complexity index is 328. The van der Waals surface area contributed by atoms with Crippen molar-refractivity contribution >= 4 is 17.7 Å². The molecule has 0 saturated heterocycles. The summed E-state index contributed by atoms with van der Waals surface area (Å²) in [6.45, 7) is 5.06. The highest BCUT2D eigenvalue weighted by Crippen LogP contribution is 2.10. The van der Waals surface area contributed by atoms with Gasteiger partial charge in [-0.15, -0.1) is 0 Å². The van der Waals surface area contributed by atoms with Crippen LogP contribution in [0.25, 0.3) is 0 Å².